The van der Waals surface area contributed by atoms with Crippen LogP contribution in [-0.2, 0) is 6.54 Å². The topological polar surface area (TPSA) is 65.5 Å². The molecule has 0 aliphatic carbocycles. The van der Waals surface area contributed by atoms with E-state index in [1.807, 2.05) is 42.5 Å². The third-order valence-electron chi connectivity index (χ3n) is 4.41. The normalized spacial score (nSPS) is 16.1. The Hall–Kier alpha value is -2.86. The number of aromatic hydroxyl groups is 1. The van der Waals surface area contributed by atoms with E-state index in [4.69, 9.17) is 0 Å². The molecular weight excluding hydrogens is 394 g/mol. The predicted octanol–water partition coefficient (Wildman–Crippen LogP) is 4.32. The van der Waals surface area contributed by atoms with Crippen molar-refractivity contribution in [2.75, 3.05) is 5.32 Å². The first-order valence-corrected chi connectivity index (χ1v) is 8.97. The minimum absolute atomic E-state index is 0.0902. The van der Waals surface area contributed by atoms with E-state index in [1.165, 1.54) is 0 Å². The van der Waals surface area contributed by atoms with Crippen molar-refractivity contribution in [1.82, 2.24) is 9.88 Å². The number of phenols is 1. The van der Waals surface area contributed by atoms with Crippen LogP contribution in [0.5, 0.6) is 5.75 Å². The molecule has 5 nitrogen and oxygen atoms in total. The highest BCUT2D eigenvalue weighted by Crippen LogP contribution is 2.39. The van der Waals surface area contributed by atoms with E-state index in [0.717, 1.165) is 11.3 Å². The molecule has 1 atom stereocenters. The highest BCUT2D eigenvalue weighted by molar-refractivity contribution is 9.10. The molecule has 1 aromatic heterocycles. The largest absolute Gasteiger partial charge is 0.506 e. The number of carbonyl (C=O) groups excluding carboxylic acids is 1. The van der Waals surface area contributed by atoms with Crippen molar-refractivity contribution in [1.29, 1.82) is 0 Å². The zero-order valence-corrected chi connectivity index (χ0v) is 15.3. The van der Waals surface area contributed by atoms with E-state index in [0.29, 0.717) is 22.1 Å². The van der Waals surface area contributed by atoms with Crippen LogP contribution < -0.4 is 5.32 Å². The number of nitrogens with zero attached hydrogens (tertiary/aromatic N) is 2. The summed E-state index contributed by atoms with van der Waals surface area (Å²) in [5, 5.41) is 13.9. The van der Waals surface area contributed by atoms with Gasteiger partial charge in [0.1, 0.15) is 11.9 Å². The van der Waals surface area contributed by atoms with E-state index in [-0.39, 0.29) is 11.7 Å². The number of carbonyl (C=O) groups is 1. The molecule has 26 heavy (non-hydrogen) atoms. The third kappa shape index (κ3) is 2.93. The number of aromatic nitrogens is 1. The summed E-state index contributed by atoms with van der Waals surface area (Å²) in [7, 11) is 0. The molecule has 130 valence electrons. The molecule has 6 heteroatoms. The number of hydrogen-bond donors (Lipinski definition) is 2. The van der Waals surface area contributed by atoms with Crippen molar-refractivity contribution < 1.29 is 9.90 Å². The van der Waals surface area contributed by atoms with E-state index >= 15 is 0 Å². The van der Waals surface area contributed by atoms with E-state index < -0.39 is 6.17 Å². The van der Waals surface area contributed by atoms with Crippen LogP contribution >= 0.6 is 15.9 Å². The number of para-hydroxylation sites is 2. The SMILES string of the molecule is O=C1c2ccccc2NC(c2cccc(Br)c2O)N1Cc1cccnc1. The molecule has 0 spiro atoms. The molecule has 2 aromatic carbocycles. The van der Waals surface area contributed by atoms with E-state index in [1.54, 1.807) is 29.4 Å². The van der Waals surface area contributed by atoms with Crippen LogP contribution in [0.25, 0.3) is 0 Å². The maximum atomic E-state index is 13.2. The molecule has 1 aliphatic rings. The van der Waals surface area contributed by atoms with Gasteiger partial charge in [-0.3, -0.25) is 9.78 Å². The fraction of sp³-hybridized carbons (Fsp3) is 0.100. The number of halogens is 1. The monoisotopic (exact) mass is 409 g/mol. The number of benzene rings is 2. The van der Waals surface area contributed by atoms with Crippen molar-refractivity contribution in [3.8, 4) is 5.75 Å². The second kappa shape index (κ2) is 6.80. The molecule has 2 heterocycles. The van der Waals surface area contributed by atoms with Gasteiger partial charge in [0.15, 0.2) is 0 Å². The van der Waals surface area contributed by atoms with Gasteiger partial charge in [0.25, 0.3) is 5.91 Å². The van der Waals surface area contributed by atoms with Gasteiger partial charge in [-0.25, -0.2) is 0 Å². The fourth-order valence-corrected chi connectivity index (χ4v) is 3.52. The lowest BCUT2D eigenvalue weighted by molar-refractivity contribution is 0.0664. The first-order valence-electron chi connectivity index (χ1n) is 8.18. The Bertz CT molecular complexity index is 962. The van der Waals surface area contributed by atoms with Crippen molar-refractivity contribution in [2.24, 2.45) is 0 Å². The fourth-order valence-electron chi connectivity index (χ4n) is 3.14. The highest BCUT2D eigenvalue weighted by Gasteiger charge is 2.34. The van der Waals surface area contributed by atoms with Gasteiger partial charge in [-0.2, -0.15) is 0 Å². The maximum absolute atomic E-state index is 13.2. The van der Waals surface area contributed by atoms with Crippen LogP contribution in [0, 0.1) is 0 Å². The number of fused-ring (bicyclic) bond motifs is 1. The molecule has 2 N–H and O–H groups in total. The Morgan fingerprint density at radius 2 is 1.96 bits per heavy atom. The first kappa shape index (κ1) is 16.6. The summed E-state index contributed by atoms with van der Waals surface area (Å²) in [6, 6.07) is 16.6. The molecule has 1 aliphatic heterocycles. The summed E-state index contributed by atoms with van der Waals surface area (Å²) in [5.41, 5.74) is 2.92. The van der Waals surface area contributed by atoms with Gasteiger partial charge in [-0.15, -0.1) is 0 Å². The van der Waals surface area contributed by atoms with Gasteiger partial charge < -0.3 is 15.3 Å². The molecule has 3 aromatic rings. The lowest BCUT2D eigenvalue weighted by Crippen LogP contribution is -2.42. The van der Waals surface area contributed by atoms with Gasteiger partial charge in [0.2, 0.25) is 0 Å². The van der Waals surface area contributed by atoms with Crippen LogP contribution in [-0.4, -0.2) is 20.9 Å². The molecule has 1 amide bonds. The molecule has 4 rings (SSSR count). The summed E-state index contributed by atoms with van der Waals surface area (Å²) < 4.78 is 0.587. The zero-order chi connectivity index (χ0) is 18.1. The Morgan fingerprint density at radius 3 is 2.77 bits per heavy atom. The summed E-state index contributed by atoms with van der Waals surface area (Å²) in [6.07, 6.45) is 2.95. The van der Waals surface area contributed by atoms with Crippen LogP contribution in [0.4, 0.5) is 5.69 Å². The Morgan fingerprint density at radius 1 is 1.12 bits per heavy atom. The van der Waals surface area contributed by atoms with Crippen molar-refractivity contribution >= 4 is 27.5 Å². The highest BCUT2D eigenvalue weighted by atomic mass is 79.9. The number of phenolic OH excluding ortho intramolecular Hbond substituents is 1. The lowest BCUT2D eigenvalue weighted by atomic mass is 10.0. The van der Waals surface area contributed by atoms with Crippen molar-refractivity contribution in [2.45, 2.75) is 12.7 Å². The Balaban J connectivity index is 1.81. The number of nitrogens with one attached hydrogen (secondary N) is 1. The van der Waals surface area contributed by atoms with E-state index in [9.17, 15) is 9.90 Å². The summed E-state index contributed by atoms with van der Waals surface area (Å²) in [4.78, 5) is 19.0. The predicted molar refractivity (Wildman–Crippen MR) is 103 cm³/mol. The maximum Gasteiger partial charge on any atom is 0.258 e. The van der Waals surface area contributed by atoms with Gasteiger partial charge >= 0.3 is 0 Å². The van der Waals surface area contributed by atoms with Gasteiger partial charge in [-0.05, 0) is 45.8 Å². The number of anilines is 1. The lowest BCUT2D eigenvalue weighted by Gasteiger charge is -2.38. The Labute approximate surface area is 159 Å². The molecule has 0 saturated heterocycles. The number of pyridine rings is 1. The van der Waals surface area contributed by atoms with Gasteiger partial charge in [-0.1, -0.05) is 30.3 Å². The second-order valence-corrected chi connectivity index (χ2v) is 6.92. The van der Waals surface area contributed by atoms with Crippen LogP contribution in [0.15, 0.2) is 71.5 Å². The molecule has 0 bridgehead atoms. The van der Waals surface area contributed by atoms with E-state index in [2.05, 4.69) is 26.2 Å². The minimum Gasteiger partial charge on any atom is -0.506 e. The molecule has 0 saturated carbocycles. The van der Waals surface area contributed by atoms with Crippen molar-refractivity contribution in [3.05, 3.63) is 88.2 Å². The number of amides is 1. The zero-order valence-electron chi connectivity index (χ0n) is 13.8. The average Bonchev–Trinajstić information content (AvgIpc) is 2.67. The first-order chi connectivity index (χ1) is 12.6. The molecule has 0 fully saturated rings. The molecule has 1 unspecified atom stereocenters. The average molecular weight is 410 g/mol. The number of hydrogen-bond acceptors (Lipinski definition) is 4. The summed E-state index contributed by atoms with van der Waals surface area (Å²) in [5.74, 6) is 0.0287. The smallest absolute Gasteiger partial charge is 0.258 e. The minimum atomic E-state index is -0.491. The number of rotatable bonds is 3. The van der Waals surface area contributed by atoms with Gasteiger partial charge in [0.05, 0.1) is 10.0 Å². The quantitative estimate of drug-likeness (QED) is 0.675. The molecular formula is C20H16BrN3O2. The van der Waals surface area contributed by atoms with Crippen LogP contribution in [0.2, 0.25) is 0 Å². The van der Waals surface area contributed by atoms with Crippen LogP contribution in [0.1, 0.15) is 27.7 Å². The van der Waals surface area contributed by atoms with Crippen LogP contribution in [0.3, 0.4) is 0 Å². The summed E-state index contributed by atoms with van der Waals surface area (Å²) >= 11 is 3.36. The second-order valence-electron chi connectivity index (χ2n) is 6.06. The third-order valence-corrected chi connectivity index (χ3v) is 5.05. The standard InChI is InChI=1S/C20H16BrN3O2/c21-16-8-3-7-15(18(16)25)19-23-17-9-2-1-6-14(17)20(26)24(19)12-13-5-4-10-22-11-13/h1-11,19,23,25H,12H2. The molecule has 0 radical (unpaired) electrons. The van der Waals surface area contributed by atoms with Crippen molar-refractivity contribution in [3.63, 3.8) is 0 Å². The Kier molecular flexibility index (Phi) is 4.34. The summed E-state index contributed by atoms with van der Waals surface area (Å²) in [6.45, 7) is 0.380. The van der Waals surface area contributed by atoms with Gasteiger partial charge in [0, 0.05) is 30.2 Å².